The summed E-state index contributed by atoms with van der Waals surface area (Å²) in [6.07, 6.45) is 1.62. The van der Waals surface area contributed by atoms with Gasteiger partial charge in [0.05, 0.1) is 5.57 Å². The molecule has 2 heteroatoms. The Hall–Kier alpha value is -2.74. The molecule has 0 saturated heterocycles. The van der Waals surface area contributed by atoms with Crippen LogP contribution in [0.25, 0.3) is 6.08 Å². The van der Waals surface area contributed by atoms with Crippen LogP contribution in [-0.2, 0) is 4.79 Å². The second-order valence-corrected chi connectivity index (χ2v) is 4.77. The van der Waals surface area contributed by atoms with Crippen LogP contribution in [0.2, 0.25) is 0 Å². The summed E-state index contributed by atoms with van der Waals surface area (Å²) >= 11 is 0. The lowest BCUT2D eigenvalue weighted by atomic mass is 9.95. The van der Waals surface area contributed by atoms with Crippen molar-refractivity contribution in [3.05, 3.63) is 89.5 Å². The van der Waals surface area contributed by atoms with E-state index >= 15 is 0 Å². The SMILES string of the molecule is C=C(C)C(=O)C(=Cc1ccccc1)C(=O)c1ccccc1. The third-order valence-corrected chi connectivity index (χ3v) is 3.02. The van der Waals surface area contributed by atoms with Crippen LogP contribution < -0.4 is 0 Å². The first-order valence-electron chi connectivity index (χ1n) is 6.66. The third kappa shape index (κ3) is 3.63. The van der Waals surface area contributed by atoms with Crippen LogP contribution in [0.5, 0.6) is 0 Å². The zero-order valence-electron chi connectivity index (χ0n) is 11.9. The van der Waals surface area contributed by atoms with Crippen LogP contribution in [0.4, 0.5) is 0 Å². The number of rotatable bonds is 5. The van der Waals surface area contributed by atoms with E-state index in [0.717, 1.165) is 5.56 Å². The van der Waals surface area contributed by atoms with E-state index in [1.807, 2.05) is 36.4 Å². The number of Topliss-reactive ketones (excluding diaryl/α,β-unsaturated/α-hetero) is 2. The van der Waals surface area contributed by atoms with Gasteiger partial charge < -0.3 is 0 Å². The van der Waals surface area contributed by atoms with Crippen molar-refractivity contribution in [2.24, 2.45) is 0 Å². The number of allylic oxidation sites excluding steroid dienone is 2. The zero-order valence-corrected chi connectivity index (χ0v) is 11.9. The average Bonchev–Trinajstić information content (AvgIpc) is 2.53. The van der Waals surface area contributed by atoms with E-state index in [9.17, 15) is 9.59 Å². The van der Waals surface area contributed by atoms with Crippen LogP contribution in [0.3, 0.4) is 0 Å². The molecule has 0 aliphatic carbocycles. The van der Waals surface area contributed by atoms with Gasteiger partial charge in [-0.15, -0.1) is 0 Å². The van der Waals surface area contributed by atoms with E-state index in [2.05, 4.69) is 6.58 Å². The Kier molecular flexibility index (Phi) is 4.62. The first-order chi connectivity index (χ1) is 10.1. The van der Waals surface area contributed by atoms with Crippen molar-refractivity contribution in [1.29, 1.82) is 0 Å². The Bertz CT molecular complexity index is 695. The zero-order chi connectivity index (χ0) is 15.2. The molecule has 0 amide bonds. The summed E-state index contributed by atoms with van der Waals surface area (Å²) in [5, 5.41) is 0. The molecule has 2 rings (SSSR count). The molecule has 0 aliphatic rings. The maximum atomic E-state index is 12.6. The number of carbonyl (C=O) groups is 2. The fraction of sp³-hybridized carbons (Fsp3) is 0.0526. The molecule has 0 unspecified atom stereocenters. The first-order valence-corrected chi connectivity index (χ1v) is 6.66. The minimum atomic E-state index is -0.326. The molecule has 0 aliphatic heterocycles. The first kappa shape index (κ1) is 14.7. The van der Waals surface area contributed by atoms with Gasteiger partial charge in [-0.25, -0.2) is 0 Å². The van der Waals surface area contributed by atoms with Gasteiger partial charge in [-0.2, -0.15) is 0 Å². The van der Waals surface area contributed by atoms with Crippen molar-refractivity contribution >= 4 is 17.6 Å². The third-order valence-electron chi connectivity index (χ3n) is 3.02. The molecule has 0 radical (unpaired) electrons. The quantitative estimate of drug-likeness (QED) is 0.356. The lowest BCUT2D eigenvalue weighted by Crippen LogP contribution is -2.13. The number of hydrogen-bond acceptors (Lipinski definition) is 2. The van der Waals surface area contributed by atoms with Crippen LogP contribution in [0.15, 0.2) is 78.4 Å². The molecule has 2 nitrogen and oxygen atoms in total. The highest BCUT2D eigenvalue weighted by molar-refractivity contribution is 6.32. The molecule has 0 saturated carbocycles. The molecule has 2 aromatic carbocycles. The summed E-state index contributed by atoms with van der Waals surface area (Å²) in [6, 6.07) is 18.1. The minimum absolute atomic E-state index is 0.139. The fourth-order valence-electron chi connectivity index (χ4n) is 1.93. The summed E-state index contributed by atoms with van der Waals surface area (Å²) in [6.45, 7) is 5.26. The van der Waals surface area contributed by atoms with Crippen LogP contribution in [-0.4, -0.2) is 11.6 Å². The van der Waals surface area contributed by atoms with E-state index in [0.29, 0.717) is 11.1 Å². The van der Waals surface area contributed by atoms with Gasteiger partial charge >= 0.3 is 0 Å². The molecular weight excluding hydrogens is 260 g/mol. The molecule has 2 aromatic rings. The summed E-state index contributed by atoms with van der Waals surface area (Å²) < 4.78 is 0. The Morgan fingerprint density at radius 2 is 1.43 bits per heavy atom. The van der Waals surface area contributed by atoms with Gasteiger partial charge in [0.2, 0.25) is 0 Å². The van der Waals surface area contributed by atoms with Crippen molar-refractivity contribution in [2.75, 3.05) is 0 Å². The smallest absolute Gasteiger partial charge is 0.196 e. The van der Waals surface area contributed by atoms with Gasteiger partial charge in [-0.1, -0.05) is 67.2 Å². The van der Waals surface area contributed by atoms with E-state index in [4.69, 9.17) is 0 Å². The van der Waals surface area contributed by atoms with Gasteiger partial charge in [-0.05, 0) is 24.1 Å². The molecule has 0 heterocycles. The molecule has 0 spiro atoms. The van der Waals surface area contributed by atoms with Crippen LogP contribution in [0, 0.1) is 0 Å². The molecule has 0 atom stereocenters. The second kappa shape index (κ2) is 6.62. The predicted molar refractivity (Wildman–Crippen MR) is 85.0 cm³/mol. The van der Waals surface area contributed by atoms with Crippen molar-refractivity contribution in [3.63, 3.8) is 0 Å². The lowest BCUT2D eigenvalue weighted by Gasteiger charge is -2.06. The van der Waals surface area contributed by atoms with Crippen LogP contribution >= 0.6 is 0 Å². The van der Waals surface area contributed by atoms with Crippen molar-refractivity contribution in [3.8, 4) is 0 Å². The number of ketones is 2. The summed E-state index contributed by atoms with van der Waals surface area (Å²) in [5.74, 6) is -0.611. The fourth-order valence-corrected chi connectivity index (χ4v) is 1.93. The Morgan fingerprint density at radius 3 is 1.95 bits per heavy atom. The highest BCUT2D eigenvalue weighted by Gasteiger charge is 2.20. The molecule has 0 bridgehead atoms. The van der Waals surface area contributed by atoms with Crippen LogP contribution in [0.1, 0.15) is 22.8 Å². The van der Waals surface area contributed by atoms with Gasteiger partial charge in [0.1, 0.15) is 0 Å². The maximum Gasteiger partial charge on any atom is 0.196 e. The van der Waals surface area contributed by atoms with E-state index in [-0.39, 0.29) is 17.1 Å². The van der Waals surface area contributed by atoms with Gasteiger partial charge in [-0.3, -0.25) is 9.59 Å². The second-order valence-electron chi connectivity index (χ2n) is 4.77. The highest BCUT2D eigenvalue weighted by atomic mass is 16.1. The Labute approximate surface area is 124 Å². The number of carbonyl (C=O) groups excluding carboxylic acids is 2. The molecule has 104 valence electrons. The lowest BCUT2D eigenvalue weighted by molar-refractivity contribution is -0.111. The van der Waals surface area contributed by atoms with Gasteiger partial charge in [0, 0.05) is 5.56 Å². The topological polar surface area (TPSA) is 34.1 Å². The maximum absolute atomic E-state index is 12.6. The number of hydrogen-bond donors (Lipinski definition) is 0. The molecule has 0 fully saturated rings. The van der Waals surface area contributed by atoms with Crippen molar-refractivity contribution in [2.45, 2.75) is 6.92 Å². The Balaban J connectivity index is 2.47. The predicted octanol–water partition coefficient (Wildman–Crippen LogP) is 4.10. The van der Waals surface area contributed by atoms with E-state index in [1.54, 1.807) is 37.3 Å². The molecular formula is C19H16O2. The molecule has 0 N–H and O–H groups in total. The average molecular weight is 276 g/mol. The van der Waals surface area contributed by atoms with E-state index in [1.165, 1.54) is 0 Å². The Morgan fingerprint density at radius 1 is 0.905 bits per heavy atom. The van der Waals surface area contributed by atoms with Gasteiger partial charge in [0.25, 0.3) is 0 Å². The summed E-state index contributed by atoms with van der Waals surface area (Å²) in [5.41, 5.74) is 1.79. The van der Waals surface area contributed by atoms with E-state index < -0.39 is 0 Å². The number of benzene rings is 2. The molecule has 0 aromatic heterocycles. The normalized spacial score (nSPS) is 11.0. The standard InChI is InChI=1S/C19H16O2/c1-14(2)18(20)17(13-15-9-5-3-6-10-15)19(21)16-11-7-4-8-12-16/h3-13H,1H2,2H3. The highest BCUT2D eigenvalue weighted by Crippen LogP contribution is 2.16. The summed E-state index contributed by atoms with van der Waals surface area (Å²) in [4.78, 5) is 24.8. The largest absolute Gasteiger partial charge is 0.289 e. The summed E-state index contributed by atoms with van der Waals surface area (Å²) in [7, 11) is 0. The van der Waals surface area contributed by atoms with Crippen molar-refractivity contribution < 1.29 is 9.59 Å². The van der Waals surface area contributed by atoms with Crippen molar-refractivity contribution in [1.82, 2.24) is 0 Å². The minimum Gasteiger partial charge on any atom is -0.289 e. The monoisotopic (exact) mass is 276 g/mol. The molecule has 21 heavy (non-hydrogen) atoms. The van der Waals surface area contributed by atoms with Gasteiger partial charge in [0.15, 0.2) is 11.6 Å².